The van der Waals surface area contributed by atoms with Crippen molar-refractivity contribution in [3.8, 4) is 5.75 Å². The van der Waals surface area contributed by atoms with Crippen molar-refractivity contribution in [1.29, 1.82) is 0 Å². The number of amides is 1. The molecule has 31 heavy (non-hydrogen) atoms. The smallest absolute Gasteiger partial charge is 0.246 e. The fourth-order valence-corrected chi connectivity index (χ4v) is 6.40. The molecule has 0 unspecified atom stereocenters. The molecule has 1 saturated heterocycles. The molecule has 2 heterocycles. The minimum absolute atomic E-state index is 0.0775. The first kappa shape index (κ1) is 22.1. The van der Waals surface area contributed by atoms with Gasteiger partial charge in [-0.25, -0.2) is 8.42 Å². The van der Waals surface area contributed by atoms with Crippen molar-refractivity contribution < 1.29 is 17.9 Å². The molecule has 0 spiro atoms. The van der Waals surface area contributed by atoms with Gasteiger partial charge in [0.15, 0.2) is 0 Å². The number of ether oxygens (including phenoxy) is 1. The van der Waals surface area contributed by atoms with Crippen LogP contribution in [0.2, 0.25) is 5.02 Å². The Morgan fingerprint density at radius 3 is 2.58 bits per heavy atom. The Hall–Kier alpha value is -2.09. The molecule has 1 atom stereocenters. The summed E-state index contributed by atoms with van der Waals surface area (Å²) < 4.78 is 33.5. The Morgan fingerprint density at radius 1 is 1.16 bits per heavy atom. The molecule has 2 aliphatic rings. The largest absolute Gasteiger partial charge is 0.492 e. The van der Waals surface area contributed by atoms with Crippen LogP contribution in [0, 0.1) is 5.92 Å². The SMILES string of the molecule is CCOc1ccc(Cl)cc1S(=O)(=O)N1CCC(C(=O)N2c3ccccc3C[C@H]2C)CC1. The fraction of sp³-hybridized carbons (Fsp3) is 0.435. The highest BCUT2D eigenvalue weighted by atomic mass is 35.5. The van der Waals surface area contributed by atoms with Gasteiger partial charge in [0.25, 0.3) is 0 Å². The standard InChI is InChI=1S/C23H27ClN2O4S/c1-3-30-21-9-8-19(24)15-22(21)31(28,29)25-12-10-17(11-13-25)23(27)26-16(2)14-18-6-4-5-7-20(18)26/h4-9,15-17H,3,10-14H2,1-2H3/t16-/m1/s1. The zero-order valence-electron chi connectivity index (χ0n) is 17.8. The zero-order chi connectivity index (χ0) is 22.2. The van der Waals surface area contributed by atoms with Crippen LogP contribution in [0.5, 0.6) is 5.75 Å². The maximum atomic E-state index is 13.3. The molecular formula is C23H27ClN2O4S. The molecule has 6 nitrogen and oxygen atoms in total. The molecule has 1 amide bonds. The van der Waals surface area contributed by atoms with E-state index in [-0.39, 0.29) is 22.8 Å². The topological polar surface area (TPSA) is 66.9 Å². The summed E-state index contributed by atoms with van der Waals surface area (Å²) in [4.78, 5) is 15.3. The van der Waals surface area contributed by atoms with Gasteiger partial charge in [-0.15, -0.1) is 0 Å². The molecule has 0 aliphatic carbocycles. The van der Waals surface area contributed by atoms with Gasteiger partial charge in [-0.3, -0.25) is 4.79 Å². The van der Waals surface area contributed by atoms with Gasteiger partial charge in [0.1, 0.15) is 10.6 Å². The third kappa shape index (κ3) is 4.19. The van der Waals surface area contributed by atoms with Crippen molar-refractivity contribution in [2.45, 2.75) is 44.0 Å². The van der Waals surface area contributed by atoms with Crippen molar-refractivity contribution >= 4 is 33.2 Å². The number of carbonyl (C=O) groups is 1. The van der Waals surface area contributed by atoms with Gasteiger partial charge in [0.05, 0.1) is 6.61 Å². The summed E-state index contributed by atoms with van der Waals surface area (Å²) in [5, 5.41) is 0.341. The molecule has 1 fully saturated rings. The number of anilines is 1. The van der Waals surface area contributed by atoms with Crippen molar-refractivity contribution in [2.24, 2.45) is 5.92 Å². The first-order valence-corrected chi connectivity index (χ1v) is 12.5. The molecule has 4 rings (SSSR count). The number of piperidine rings is 1. The lowest BCUT2D eigenvalue weighted by Crippen LogP contribution is -2.46. The van der Waals surface area contributed by atoms with Gasteiger partial charge in [0, 0.05) is 35.8 Å². The number of benzene rings is 2. The molecule has 8 heteroatoms. The molecule has 166 valence electrons. The number of carbonyl (C=O) groups excluding carboxylic acids is 1. The number of hydrogen-bond acceptors (Lipinski definition) is 4. The second kappa shape index (κ2) is 8.81. The number of sulfonamides is 1. The van der Waals surface area contributed by atoms with Crippen LogP contribution in [0.1, 0.15) is 32.3 Å². The monoisotopic (exact) mass is 462 g/mol. The minimum Gasteiger partial charge on any atom is -0.492 e. The summed E-state index contributed by atoms with van der Waals surface area (Å²) in [7, 11) is -3.77. The Bertz CT molecular complexity index is 1080. The molecule has 0 bridgehead atoms. The molecule has 0 radical (unpaired) electrons. The van der Waals surface area contributed by atoms with Gasteiger partial charge < -0.3 is 9.64 Å². The van der Waals surface area contributed by atoms with Gasteiger partial charge in [-0.1, -0.05) is 29.8 Å². The first-order chi connectivity index (χ1) is 14.8. The van der Waals surface area contributed by atoms with Crippen LogP contribution < -0.4 is 9.64 Å². The van der Waals surface area contributed by atoms with Crippen molar-refractivity contribution in [2.75, 3.05) is 24.6 Å². The van der Waals surface area contributed by atoms with Gasteiger partial charge in [-0.05, 0) is 62.9 Å². The third-order valence-electron chi connectivity index (χ3n) is 6.07. The number of fused-ring (bicyclic) bond motifs is 1. The van der Waals surface area contributed by atoms with E-state index in [1.165, 1.54) is 15.9 Å². The highest BCUT2D eigenvalue weighted by Crippen LogP contribution is 2.36. The van der Waals surface area contributed by atoms with E-state index >= 15 is 0 Å². The summed E-state index contributed by atoms with van der Waals surface area (Å²) >= 11 is 6.07. The maximum Gasteiger partial charge on any atom is 0.246 e. The number of rotatable bonds is 5. The maximum absolute atomic E-state index is 13.3. The van der Waals surface area contributed by atoms with E-state index < -0.39 is 10.0 Å². The Morgan fingerprint density at radius 2 is 1.87 bits per heavy atom. The van der Waals surface area contributed by atoms with Crippen LogP contribution in [-0.2, 0) is 21.2 Å². The normalized spacial score (nSPS) is 20.0. The fourth-order valence-electron chi connectivity index (χ4n) is 4.54. The second-order valence-corrected chi connectivity index (χ2v) is 10.4. The van der Waals surface area contributed by atoms with E-state index in [2.05, 4.69) is 13.0 Å². The van der Waals surface area contributed by atoms with Crippen LogP contribution in [-0.4, -0.2) is 44.4 Å². The second-order valence-electron chi connectivity index (χ2n) is 8.09. The summed E-state index contributed by atoms with van der Waals surface area (Å²) in [6, 6.07) is 12.8. The average molecular weight is 463 g/mol. The lowest BCUT2D eigenvalue weighted by molar-refractivity contribution is -0.123. The van der Waals surface area contributed by atoms with Crippen molar-refractivity contribution in [3.05, 3.63) is 53.1 Å². The predicted molar refractivity (Wildman–Crippen MR) is 121 cm³/mol. The van der Waals surface area contributed by atoms with E-state index in [0.717, 1.165) is 12.1 Å². The molecule has 0 N–H and O–H groups in total. The van der Waals surface area contributed by atoms with Crippen molar-refractivity contribution in [3.63, 3.8) is 0 Å². The predicted octanol–water partition coefficient (Wildman–Crippen LogP) is 4.12. The lowest BCUT2D eigenvalue weighted by atomic mass is 9.96. The summed E-state index contributed by atoms with van der Waals surface area (Å²) in [5.41, 5.74) is 2.17. The van der Waals surface area contributed by atoms with Gasteiger partial charge >= 0.3 is 0 Å². The molecule has 0 aromatic heterocycles. The van der Waals surface area contributed by atoms with E-state index in [1.807, 2.05) is 23.1 Å². The van der Waals surface area contributed by atoms with Crippen LogP contribution in [0.15, 0.2) is 47.4 Å². The zero-order valence-corrected chi connectivity index (χ0v) is 19.3. The summed E-state index contributed by atoms with van der Waals surface area (Å²) in [5.74, 6) is 0.200. The quantitative estimate of drug-likeness (QED) is 0.670. The van der Waals surface area contributed by atoms with E-state index in [4.69, 9.17) is 16.3 Å². The average Bonchev–Trinajstić information content (AvgIpc) is 3.10. The van der Waals surface area contributed by atoms with Gasteiger partial charge in [-0.2, -0.15) is 4.31 Å². The molecule has 0 saturated carbocycles. The van der Waals surface area contributed by atoms with Crippen LogP contribution in [0.4, 0.5) is 5.69 Å². The summed E-state index contributed by atoms with van der Waals surface area (Å²) in [6.07, 6.45) is 1.84. The highest BCUT2D eigenvalue weighted by molar-refractivity contribution is 7.89. The minimum atomic E-state index is -3.77. The van der Waals surface area contributed by atoms with Crippen LogP contribution in [0.3, 0.4) is 0 Å². The lowest BCUT2D eigenvalue weighted by Gasteiger charge is -2.34. The highest BCUT2D eigenvalue weighted by Gasteiger charge is 2.38. The molecule has 2 aromatic carbocycles. The van der Waals surface area contributed by atoms with Crippen LogP contribution in [0.25, 0.3) is 0 Å². The van der Waals surface area contributed by atoms with E-state index in [1.54, 1.807) is 19.1 Å². The molecule has 2 aliphatic heterocycles. The van der Waals surface area contributed by atoms with E-state index in [9.17, 15) is 13.2 Å². The number of hydrogen-bond donors (Lipinski definition) is 0. The Balaban J connectivity index is 1.49. The summed E-state index contributed by atoms with van der Waals surface area (Å²) in [6.45, 7) is 4.81. The van der Waals surface area contributed by atoms with E-state index in [0.29, 0.717) is 43.3 Å². The Kier molecular flexibility index (Phi) is 6.28. The first-order valence-electron chi connectivity index (χ1n) is 10.7. The molecular weight excluding hydrogens is 436 g/mol. The Labute approximate surface area is 188 Å². The number of nitrogens with zero attached hydrogens (tertiary/aromatic N) is 2. The van der Waals surface area contributed by atoms with Crippen LogP contribution >= 0.6 is 11.6 Å². The third-order valence-corrected chi connectivity index (χ3v) is 8.23. The van der Waals surface area contributed by atoms with Gasteiger partial charge in [0.2, 0.25) is 15.9 Å². The molecule has 2 aromatic rings. The number of para-hydroxylation sites is 1. The van der Waals surface area contributed by atoms with Crippen molar-refractivity contribution in [1.82, 2.24) is 4.31 Å². The number of halogens is 1.